The summed E-state index contributed by atoms with van der Waals surface area (Å²) in [4.78, 5) is 2.36. The summed E-state index contributed by atoms with van der Waals surface area (Å²) in [5.41, 5.74) is 1.98. The first-order valence-electron chi connectivity index (χ1n) is 7.94. The second-order valence-electron chi connectivity index (χ2n) is 7.05. The summed E-state index contributed by atoms with van der Waals surface area (Å²) in [6.07, 6.45) is 5.30. The molecular formula is C18H23NO3. The van der Waals surface area contributed by atoms with E-state index in [4.69, 9.17) is 9.47 Å². The molecule has 4 rings (SSSR count). The number of rotatable bonds is 1. The molecule has 1 aromatic rings. The minimum absolute atomic E-state index is 0.170. The van der Waals surface area contributed by atoms with E-state index >= 15 is 0 Å². The summed E-state index contributed by atoms with van der Waals surface area (Å²) in [5.74, 6) is 1.66. The van der Waals surface area contributed by atoms with Crippen molar-refractivity contribution >= 4 is 0 Å². The first-order valence-corrected chi connectivity index (χ1v) is 7.94. The third-order valence-electron chi connectivity index (χ3n) is 5.67. The van der Waals surface area contributed by atoms with Crippen LogP contribution in [0.4, 0.5) is 0 Å². The Hall–Kier alpha value is -1.52. The van der Waals surface area contributed by atoms with Crippen molar-refractivity contribution in [2.75, 3.05) is 20.7 Å². The Morgan fingerprint density at radius 2 is 2.23 bits per heavy atom. The van der Waals surface area contributed by atoms with Crippen molar-refractivity contribution < 1.29 is 14.6 Å². The topological polar surface area (TPSA) is 41.9 Å². The fourth-order valence-electron chi connectivity index (χ4n) is 4.50. The summed E-state index contributed by atoms with van der Waals surface area (Å²) >= 11 is 0. The van der Waals surface area contributed by atoms with Crippen LogP contribution < -0.4 is 9.47 Å². The molecule has 4 heteroatoms. The van der Waals surface area contributed by atoms with Crippen molar-refractivity contribution in [3.8, 4) is 11.5 Å². The first kappa shape index (κ1) is 14.1. The van der Waals surface area contributed by atoms with Crippen molar-refractivity contribution in [1.82, 2.24) is 4.90 Å². The number of aliphatic hydroxyl groups excluding tert-OH is 1. The number of nitrogens with zero attached hydrogens (tertiary/aromatic N) is 1. The van der Waals surface area contributed by atoms with Crippen LogP contribution in [0.3, 0.4) is 0 Å². The standard InChI is InChI=1S/C18H23NO3/c1-17-10-13(20)6-7-18(17)8-9-19(2)11-12-4-5-14(21-3)16(22-17)15(12)18/h4-7,13,20H,8-11H2,1-3H3/t13-,17-,18-/m0/s1. The Labute approximate surface area is 131 Å². The molecule has 22 heavy (non-hydrogen) atoms. The molecule has 0 aromatic heterocycles. The van der Waals surface area contributed by atoms with Gasteiger partial charge in [0.25, 0.3) is 0 Å². The molecule has 3 atom stereocenters. The number of aliphatic hydroxyl groups is 1. The Balaban J connectivity index is 2.01. The first-order chi connectivity index (χ1) is 10.5. The molecule has 0 bridgehead atoms. The van der Waals surface area contributed by atoms with Crippen LogP contribution in [0.25, 0.3) is 0 Å². The second kappa shape index (κ2) is 4.49. The third kappa shape index (κ3) is 1.65. The second-order valence-corrected chi connectivity index (χ2v) is 7.05. The van der Waals surface area contributed by atoms with Gasteiger partial charge in [-0.3, -0.25) is 0 Å². The van der Waals surface area contributed by atoms with Gasteiger partial charge < -0.3 is 19.5 Å². The monoisotopic (exact) mass is 301 g/mol. The number of ether oxygens (including phenoxy) is 2. The molecule has 0 amide bonds. The van der Waals surface area contributed by atoms with Crippen LogP contribution in [0, 0.1) is 0 Å². The van der Waals surface area contributed by atoms with Crippen LogP contribution in [-0.2, 0) is 12.0 Å². The highest BCUT2D eigenvalue weighted by atomic mass is 16.5. The van der Waals surface area contributed by atoms with Crippen molar-refractivity contribution in [1.29, 1.82) is 0 Å². The summed E-state index contributed by atoms with van der Waals surface area (Å²) < 4.78 is 12.0. The van der Waals surface area contributed by atoms with E-state index in [1.807, 2.05) is 12.1 Å². The SMILES string of the molecule is COc1ccc2c3c1O[C@@]1(C)C[C@@H](O)C=C[C@]31CCN(C)C2. The van der Waals surface area contributed by atoms with Crippen LogP contribution in [0.1, 0.15) is 30.9 Å². The molecule has 1 aliphatic carbocycles. The predicted molar refractivity (Wildman–Crippen MR) is 84.4 cm³/mol. The van der Waals surface area contributed by atoms with Gasteiger partial charge >= 0.3 is 0 Å². The minimum atomic E-state index is -0.444. The maximum Gasteiger partial charge on any atom is 0.166 e. The van der Waals surface area contributed by atoms with Gasteiger partial charge in [-0.25, -0.2) is 0 Å². The van der Waals surface area contributed by atoms with E-state index in [1.165, 1.54) is 11.1 Å². The molecule has 1 aromatic carbocycles. The molecular weight excluding hydrogens is 278 g/mol. The normalized spacial score (nSPS) is 36.3. The minimum Gasteiger partial charge on any atom is -0.493 e. The van der Waals surface area contributed by atoms with Crippen LogP contribution in [0.5, 0.6) is 11.5 Å². The lowest BCUT2D eigenvalue weighted by atomic mass is 9.62. The summed E-state index contributed by atoms with van der Waals surface area (Å²) in [7, 11) is 3.85. The molecule has 2 aliphatic heterocycles. The number of hydrogen-bond donors (Lipinski definition) is 1. The van der Waals surface area contributed by atoms with Crippen LogP contribution in [0.2, 0.25) is 0 Å². The van der Waals surface area contributed by atoms with Crippen LogP contribution >= 0.6 is 0 Å². The predicted octanol–water partition coefficient (Wildman–Crippen LogP) is 2.24. The zero-order valence-corrected chi connectivity index (χ0v) is 13.4. The van der Waals surface area contributed by atoms with E-state index in [-0.39, 0.29) is 5.41 Å². The number of methoxy groups -OCH3 is 1. The molecule has 3 aliphatic rings. The molecule has 0 saturated heterocycles. The summed E-state index contributed by atoms with van der Waals surface area (Å²) in [6, 6.07) is 4.16. The molecule has 0 fully saturated rings. The third-order valence-corrected chi connectivity index (χ3v) is 5.67. The molecule has 0 radical (unpaired) electrons. The average molecular weight is 301 g/mol. The smallest absolute Gasteiger partial charge is 0.166 e. The highest BCUT2D eigenvalue weighted by Crippen LogP contribution is 2.60. The average Bonchev–Trinajstić information content (AvgIpc) is 2.64. The fraction of sp³-hybridized carbons (Fsp3) is 0.556. The van der Waals surface area contributed by atoms with Gasteiger partial charge in [0.2, 0.25) is 0 Å². The van der Waals surface area contributed by atoms with E-state index in [9.17, 15) is 5.11 Å². The Morgan fingerprint density at radius 1 is 1.41 bits per heavy atom. The van der Waals surface area contributed by atoms with E-state index in [0.717, 1.165) is 31.0 Å². The fourth-order valence-corrected chi connectivity index (χ4v) is 4.50. The molecule has 118 valence electrons. The summed E-state index contributed by atoms with van der Waals surface area (Å²) in [5, 5.41) is 10.1. The van der Waals surface area contributed by atoms with Gasteiger partial charge in [-0.1, -0.05) is 18.2 Å². The number of hydrogen-bond acceptors (Lipinski definition) is 4. The number of benzene rings is 1. The van der Waals surface area contributed by atoms with E-state index in [2.05, 4.69) is 31.0 Å². The van der Waals surface area contributed by atoms with Gasteiger partial charge in [-0.2, -0.15) is 0 Å². The zero-order valence-electron chi connectivity index (χ0n) is 13.4. The maximum atomic E-state index is 10.1. The Morgan fingerprint density at radius 3 is 3.00 bits per heavy atom. The van der Waals surface area contributed by atoms with Gasteiger partial charge in [0, 0.05) is 18.5 Å². The zero-order chi connectivity index (χ0) is 15.5. The lowest BCUT2D eigenvalue weighted by molar-refractivity contribution is -0.00138. The summed E-state index contributed by atoms with van der Waals surface area (Å²) in [6.45, 7) is 4.06. The maximum absolute atomic E-state index is 10.1. The van der Waals surface area contributed by atoms with Crippen LogP contribution in [0.15, 0.2) is 24.3 Å². The van der Waals surface area contributed by atoms with Crippen molar-refractivity contribution in [2.45, 2.75) is 43.4 Å². The van der Waals surface area contributed by atoms with Crippen molar-refractivity contribution in [3.63, 3.8) is 0 Å². The van der Waals surface area contributed by atoms with Crippen molar-refractivity contribution in [2.24, 2.45) is 0 Å². The Bertz CT molecular complexity index is 656. The van der Waals surface area contributed by atoms with Gasteiger partial charge in [0.1, 0.15) is 5.60 Å². The molecule has 0 unspecified atom stereocenters. The lowest BCUT2D eigenvalue weighted by Gasteiger charge is -2.44. The molecule has 4 nitrogen and oxygen atoms in total. The van der Waals surface area contributed by atoms with E-state index in [0.29, 0.717) is 6.42 Å². The Kier molecular flexibility index (Phi) is 2.88. The largest absolute Gasteiger partial charge is 0.493 e. The van der Waals surface area contributed by atoms with E-state index < -0.39 is 11.7 Å². The molecule has 1 spiro atoms. The van der Waals surface area contributed by atoms with E-state index in [1.54, 1.807) is 7.11 Å². The quantitative estimate of drug-likeness (QED) is 0.808. The molecule has 1 N–H and O–H groups in total. The molecule has 2 heterocycles. The van der Waals surface area contributed by atoms with Crippen LogP contribution in [-0.4, -0.2) is 42.4 Å². The molecule has 0 saturated carbocycles. The van der Waals surface area contributed by atoms with Gasteiger partial charge in [0.05, 0.1) is 18.6 Å². The highest BCUT2D eigenvalue weighted by Gasteiger charge is 2.60. The van der Waals surface area contributed by atoms with Gasteiger partial charge in [-0.15, -0.1) is 0 Å². The highest BCUT2D eigenvalue weighted by molar-refractivity contribution is 5.62. The lowest BCUT2D eigenvalue weighted by Crippen LogP contribution is -2.52. The van der Waals surface area contributed by atoms with Gasteiger partial charge in [-0.05, 0) is 38.6 Å². The van der Waals surface area contributed by atoms with Gasteiger partial charge in [0.15, 0.2) is 11.5 Å². The van der Waals surface area contributed by atoms with Crippen molar-refractivity contribution in [3.05, 3.63) is 35.4 Å².